The molecule has 0 radical (unpaired) electrons. The van der Waals surface area contributed by atoms with Crippen molar-refractivity contribution >= 4 is 49.6 Å². The van der Waals surface area contributed by atoms with Crippen LogP contribution < -0.4 is 0 Å². The average Bonchev–Trinajstić information content (AvgIpc) is 3.21. The van der Waals surface area contributed by atoms with Crippen LogP contribution in [0.15, 0.2) is 51.7 Å². The van der Waals surface area contributed by atoms with Crippen molar-refractivity contribution in [2.75, 3.05) is 26.2 Å². The number of hydrogen-bond donors (Lipinski definition) is 0. The summed E-state index contributed by atoms with van der Waals surface area (Å²) in [6, 6.07) is 10.4. The quantitative estimate of drug-likeness (QED) is 0.700. The topological polar surface area (TPSA) is 70.1 Å². The first-order valence-corrected chi connectivity index (χ1v) is 12.0. The second-order valence-electron chi connectivity index (χ2n) is 6.96. The smallest absolute Gasteiger partial charge is 0.285 e. The number of amidine groups is 1. The molecule has 6 nitrogen and oxygen atoms in total. The van der Waals surface area contributed by atoms with Gasteiger partial charge in [-0.3, -0.25) is 4.79 Å². The Bertz CT molecular complexity index is 1090. The van der Waals surface area contributed by atoms with Gasteiger partial charge >= 0.3 is 0 Å². The Morgan fingerprint density at radius 3 is 2.55 bits per heavy atom. The molecule has 0 saturated carbocycles. The van der Waals surface area contributed by atoms with Gasteiger partial charge in [0.25, 0.3) is 15.9 Å². The minimum atomic E-state index is -3.77. The maximum absolute atomic E-state index is 12.8. The third kappa shape index (κ3) is 3.97. The molecule has 152 valence electrons. The number of halogens is 1. The van der Waals surface area contributed by atoms with Gasteiger partial charge in [-0.05, 0) is 42.5 Å². The Hall–Kier alpha value is -2.16. The van der Waals surface area contributed by atoms with Crippen molar-refractivity contribution in [3.63, 3.8) is 0 Å². The number of benzene rings is 1. The summed E-state index contributed by atoms with van der Waals surface area (Å²) in [7, 11) is -3.77. The molecular weight excluding hydrogens is 430 g/mol. The molecule has 0 N–H and O–H groups in total. The van der Waals surface area contributed by atoms with Crippen LogP contribution in [0.5, 0.6) is 0 Å². The van der Waals surface area contributed by atoms with Gasteiger partial charge in [0.15, 0.2) is 0 Å². The number of rotatable bonds is 2. The predicted molar refractivity (Wildman–Crippen MR) is 117 cm³/mol. The van der Waals surface area contributed by atoms with Gasteiger partial charge in [-0.25, -0.2) is 0 Å². The summed E-state index contributed by atoms with van der Waals surface area (Å²) < 4.78 is 29.6. The van der Waals surface area contributed by atoms with Crippen molar-refractivity contribution in [2.24, 2.45) is 4.40 Å². The van der Waals surface area contributed by atoms with E-state index in [1.165, 1.54) is 11.3 Å². The van der Waals surface area contributed by atoms with E-state index < -0.39 is 10.0 Å². The van der Waals surface area contributed by atoms with Crippen LogP contribution in [-0.4, -0.2) is 56.1 Å². The molecule has 29 heavy (non-hydrogen) atoms. The highest BCUT2D eigenvalue weighted by Crippen LogP contribution is 2.34. The number of sulfonamides is 1. The van der Waals surface area contributed by atoms with Crippen LogP contribution in [0.3, 0.4) is 0 Å². The summed E-state index contributed by atoms with van der Waals surface area (Å²) in [5.74, 6) is 0.498. The van der Waals surface area contributed by atoms with E-state index >= 15 is 0 Å². The monoisotopic (exact) mass is 449 g/mol. The number of hydrogen-bond acceptors (Lipinski definition) is 5. The predicted octanol–water partition coefficient (Wildman–Crippen LogP) is 3.72. The molecule has 0 unspecified atom stereocenters. The molecular formula is C20H20ClN3O3S2. The minimum absolute atomic E-state index is 0.0250. The average molecular weight is 450 g/mol. The first-order chi connectivity index (χ1) is 13.9. The lowest BCUT2D eigenvalue weighted by Crippen LogP contribution is -2.37. The van der Waals surface area contributed by atoms with E-state index in [-0.39, 0.29) is 10.8 Å². The molecule has 1 saturated heterocycles. The molecule has 2 aliphatic heterocycles. The summed E-state index contributed by atoms with van der Waals surface area (Å²) in [5.41, 5.74) is 1.21. The van der Waals surface area contributed by atoms with Gasteiger partial charge in [-0.1, -0.05) is 29.8 Å². The summed E-state index contributed by atoms with van der Waals surface area (Å²) in [6.07, 6.45) is 0.750. The molecule has 2 aromatic rings. The molecule has 1 aromatic heterocycles. The number of thiophene rings is 1. The molecule has 0 aliphatic carbocycles. The third-order valence-corrected chi connectivity index (χ3v) is 7.64. The van der Waals surface area contributed by atoms with E-state index in [2.05, 4.69) is 4.40 Å². The zero-order chi connectivity index (χ0) is 20.6. The standard InChI is InChI=1S/C20H20ClN3O3S2/c1-14-18(15-5-7-16(21)8-6-15)29(26,27)22-19(14)23-9-3-10-24(12-11-23)20(25)17-4-2-13-28-17/h2,4-8,13H,3,9-12H2,1H3. The molecule has 1 aromatic carbocycles. The summed E-state index contributed by atoms with van der Waals surface area (Å²) in [5, 5.41) is 2.44. The highest BCUT2D eigenvalue weighted by molar-refractivity contribution is 8.00. The molecule has 0 spiro atoms. The second-order valence-corrected chi connectivity index (χ2v) is 9.89. The Balaban J connectivity index is 1.57. The zero-order valence-electron chi connectivity index (χ0n) is 15.8. The molecule has 0 bridgehead atoms. The first kappa shape index (κ1) is 20.1. The van der Waals surface area contributed by atoms with Crippen molar-refractivity contribution in [3.05, 3.63) is 62.8 Å². The van der Waals surface area contributed by atoms with E-state index in [1.807, 2.05) is 27.3 Å². The van der Waals surface area contributed by atoms with Gasteiger partial charge in [0, 0.05) is 36.8 Å². The number of nitrogens with zero attached hydrogens (tertiary/aromatic N) is 3. The van der Waals surface area contributed by atoms with E-state index in [9.17, 15) is 13.2 Å². The lowest BCUT2D eigenvalue weighted by atomic mass is 10.1. The van der Waals surface area contributed by atoms with Gasteiger partial charge in [-0.2, -0.15) is 8.42 Å². The van der Waals surface area contributed by atoms with Crippen molar-refractivity contribution in [2.45, 2.75) is 13.3 Å². The molecule has 3 heterocycles. The van der Waals surface area contributed by atoms with Gasteiger partial charge < -0.3 is 9.80 Å². The Labute approximate surface area is 179 Å². The summed E-state index contributed by atoms with van der Waals surface area (Å²) in [6.45, 7) is 4.14. The largest absolute Gasteiger partial charge is 0.354 e. The van der Waals surface area contributed by atoms with Gasteiger partial charge in [0.2, 0.25) is 0 Å². The lowest BCUT2D eigenvalue weighted by Gasteiger charge is -2.23. The number of carbonyl (C=O) groups is 1. The summed E-state index contributed by atoms with van der Waals surface area (Å²) in [4.78, 5) is 17.4. The van der Waals surface area contributed by atoms with Crippen LogP contribution in [0.2, 0.25) is 5.02 Å². The van der Waals surface area contributed by atoms with Crippen LogP contribution in [0.1, 0.15) is 28.6 Å². The molecule has 9 heteroatoms. The normalized spacial score (nSPS) is 19.3. The second kappa shape index (κ2) is 7.93. The Kier molecular flexibility index (Phi) is 5.50. The van der Waals surface area contributed by atoms with Crippen molar-refractivity contribution in [3.8, 4) is 0 Å². The highest BCUT2D eigenvalue weighted by atomic mass is 35.5. The SMILES string of the molecule is CC1=C(c2ccc(Cl)cc2)S(=O)(=O)N=C1N1CCCN(C(=O)c2cccs2)CC1. The van der Waals surface area contributed by atoms with E-state index in [0.29, 0.717) is 48.2 Å². The Morgan fingerprint density at radius 2 is 1.86 bits per heavy atom. The molecule has 1 amide bonds. The highest BCUT2D eigenvalue weighted by Gasteiger charge is 2.34. The van der Waals surface area contributed by atoms with E-state index in [4.69, 9.17) is 11.6 Å². The van der Waals surface area contributed by atoms with Crippen LogP contribution >= 0.6 is 22.9 Å². The maximum Gasteiger partial charge on any atom is 0.285 e. The van der Waals surface area contributed by atoms with Crippen LogP contribution in [0.4, 0.5) is 0 Å². The van der Waals surface area contributed by atoms with E-state index in [1.54, 1.807) is 31.2 Å². The first-order valence-electron chi connectivity index (χ1n) is 9.27. The third-order valence-electron chi connectivity index (χ3n) is 5.06. The fourth-order valence-electron chi connectivity index (χ4n) is 3.67. The minimum Gasteiger partial charge on any atom is -0.354 e. The van der Waals surface area contributed by atoms with Crippen LogP contribution in [0, 0.1) is 0 Å². The zero-order valence-corrected chi connectivity index (χ0v) is 18.2. The van der Waals surface area contributed by atoms with Gasteiger partial charge in [-0.15, -0.1) is 15.7 Å². The fourth-order valence-corrected chi connectivity index (χ4v) is 5.97. The van der Waals surface area contributed by atoms with Crippen LogP contribution in [-0.2, 0) is 10.0 Å². The van der Waals surface area contributed by atoms with E-state index in [0.717, 1.165) is 11.3 Å². The van der Waals surface area contributed by atoms with Crippen molar-refractivity contribution in [1.29, 1.82) is 0 Å². The number of amides is 1. The molecule has 4 rings (SSSR count). The van der Waals surface area contributed by atoms with Gasteiger partial charge in [0.05, 0.1) is 4.88 Å². The van der Waals surface area contributed by atoms with Crippen molar-refractivity contribution < 1.29 is 13.2 Å². The maximum atomic E-state index is 12.8. The number of carbonyl (C=O) groups excluding carboxylic acids is 1. The fraction of sp³-hybridized carbons (Fsp3) is 0.300. The Morgan fingerprint density at radius 1 is 1.10 bits per heavy atom. The lowest BCUT2D eigenvalue weighted by molar-refractivity contribution is 0.0769. The van der Waals surface area contributed by atoms with Crippen molar-refractivity contribution in [1.82, 2.24) is 9.80 Å². The molecule has 0 atom stereocenters. The molecule has 1 fully saturated rings. The van der Waals surface area contributed by atoms with Crippen LogP contribution in [0.25, 0.3) is 4.91 Å². The molecule has 2 aliphatic rings. The summed E-state index contributed by atoms with van der Waals surface area (Å²) >= 11 is 7.37. The van der Waals surface area contributed by atoms with Gasteiger partial charge in [0.1, 0.15) is 10.7 Å².